The van der Waals surface area contributed by atoms with Gasteiger partial charge in [0.25, 0.3) is 6.47 Å². The van der Waals surface area contributed by atoms with Gasteiger partial charge < -0.3 is 14.1 Å². The van der Waals surface area contributed by atoms with Crippen molar-refractivity contribution in [1.82, 2.24) is 15.0 Å². The topological polar surface area (TPSA) is 81.0 Å². The number of imidazole rings is 1. The number of aromatic nitrogens is 3. The Kier molecular flexibility index (Phi) is 3.35. The molecular weight excluding hydrogens is 306 g/mol. The van der Waals surface area contributed by atoms with E-state index in [0.717, 1.165) is 11.1 Å². The molecule has 0 saturated heterocycles. The van der Waals surface area contributed by atoms with Gasteiger partial charge in [0, 0.05) is 5.56 Å². The molecule has 0 aliphatic rings. The van der Waals surface area contributed by atoms with Gasteiger partial charge in [-0.05, 0) is 31.2 Å². The van der Waals surface area contributed by atoms with E-state index in [1.807, 2.05) is 37.3 Å². The fourth-order valence-corrected chi connectivity index (χ4v) is 2.49. The molecule has 0 saturated carbocycles. The maximum atomic E-state index is 10.6. The zero-order valence-electron chi connectivity index (χ0n) is 12.8. The highest BCUT2D eigenvalue weighted by Gasteiger charge is 2.14. The molecule has 0 radical (unpaired) electrons. The van der Waals surface area contributed by atoms with Gasteiger partial charge in [0.2, 0.25) is 5.89 Å². The monoisotopic (exact) mass is 319 g/mol. The number of carbonyl (C=O) groups is 1. The van der Waals surface area contributed by atoms with E-state index in [9.17, 15) is 4.79 Å². The van der Waals surface area contributed by atoms with Crippen molar-refractivity contribution < 1.29 is 13.9 Å². The molecule has 0 fully saturated rings. The first-order chi connectivity index (χ1) is 11.7. The molecular formula is C18H13N3O3. The van der Waals surface area contributed by atoms with Crippen molar-refractivity contribution in [2.75, 3.05) is 0 Å². The number of oxazole rings is 1. The molecule has 6 heteroatoms. The van der Waals surface area contributed by atoms with Gasteiger partial charge in [0.1, 0.15) is 17.5 Å². The highest BCUT2D eigenvalue weighted by atomic mass is 16.5. The molecule has 0 bridgehead atoms. The summed E-state index contributed by atoms with van der Waals surface area (Å²) in [5, 5.41) is 0. The van der Waals surface area contributed by atoms with Crippen LogP contribution in [0.2, 0.25) is 0 Å². The van der Waals surface area contributed by atoms with Crippen LogP contribution in [0.3, 0.4) is 0 Å². The number of para-hydroxylation sites is 1. The lowest BCUT2D eigenvalue weighted by atomic mass is 10.1. The number of nitrogens with zero attached hydrogens (tertiary/aromatic N) is 2. The van der Waals surface area contributed by atoms with Gasteiger partial charge in [-0.15, -0.1) is 0 Å². The zero-order chi connectivity index (χ0) is 16.5. The number of ether oxygens (including phenoxy) is 1. The number of benzene rings is 2. The lowest BCUT2D eigenvalue weighted by Crippen LogP contribution is -1.89. The molecule has 4 rings (SSSR count). The Balaban J connectivity index is 1.74. The summed E-state index contributed by atoms with van der Waals surface area (Å²) in [5.74, 6) is 1.47. The Bertz CT molecular complexity index is 1020. The highest BCUT2D eigenvalue weighted by molar-refractivity contribution is 5.85. The van der Waals surface area contributed by atoms with Crippen LogP contribution in [0.1, 0.15) is 5.56 Å². The lowest BCUT2D eigenvalue weighted by Gasteiger charge is -1.96. The first kappa shape index (κ1) is 14.2. The molecule has 2 aromatic heterocycles. The Morgan fingerprint density at radius 2 is 1.96 bits per heavy atom. The van der Waals surface area contributed by atoms with Crippen molar-refractivity contribution in [3.63, 3.8) is 0 Å². The van der Waals surface area contributed by atoms with Crippen LogP contribution in [0.5, 0.6) is 5.75 Å². The molecule has 0 aliphatic carbocycles. The van der Waals surface area contributed by atoms with Crippen LogP contribution in [-0.2, 0) is 4.79 Å². The molecule has 2 aromatic carbocycles. The Morgan fingerprint density at radius 3 is 2.75 bits per heavy atom. The summed E-state index contributed by atoms with van der Waals surface area (Å²) in [6.07, 6.45) is 1.55. The molecule has 0 atom stereocenters. The van der Waals surface area contributed by atoms with Gasteiger partial charge in [-0.3, -0.25) is 4.79 Å². The first-order valence-electron chi connectivity index (χ1n) is 7.36. The molecule has 0 spiro atoms. The van der Waals surface area contributed by atoms with Crippen molar-refractivity contribution in [3.05, 3.63) is 54.3 Å². The fourth-order valence-electron chi connectivity index (χ4n) is 2.49. The third kappa shape index (κ3) is 2.44. The second-order valence-corrected chi connectivity index (χ2v) is 5.36. The number of carbonyl (C=O) groups excluding carboxylic acids is 1. The number of hydrogen-bond acceptors (Lipinski definition) is 5. The number of fused-ring (bicyclic) bond motifs is 1. The summed E-state index contributed by atoms with van der Waals surface area (Å²) in [6.45, 7) is 2.41. The highest BCUT2D eigenvalue weighted by Crippen LogP contribution is 2.28. The number of rotatable bonds is 4. The van der Waals surface area contributed by atoms with E-state index in [-0.39, 0.29) is 0 Å². The van der Waals surface area contributed by atoms with Crippen molar-refractivity contribution in [3.8, 4) is 28.7 Å². The molecule has 1 N–H and O–H groups in total. The Labute approximate surface area is 137 Å². The van der Waals surface area contributed by atoms with E-state index >= 15 is 0 Å². The minimum atomic E-state index is 0.384. The number of aryl methyl sites for hydroxylation is 1. The number of nitrogens with one attached hydrogen (secondary N) is 1. The van der Waals surface area contributed by atoms with Gasteiger partial charge in [-0.1, -0.05) is 23.8 Å². The third-order valence-electron chi connectivity index (χ3n) is 3.70. The summed E-state index contributed by atoms with van der Waals surface area (Å²) in [4.78, 5) is 22.7. The molecule has 4 aromatic rings. The number of aromatic amines is 1. The minimum absolute atomic E-state index is 0.384. The summed E-state index contributed by atoms with van der Waals surface area (Å²) in [5.41, 5.74) is 3.97. The summed E-state index contributed by atoms with van der Waals surface area (Å²) < 4.78 is 10.5. The van der Waals surface area contributed by atoms with Crippen LogP contribution in [0.4, 0.5) is 0 Å². The van der Waals surface area contributed by atoms with E-state index in [4.69, 9.17) is 9.15 Å². The van der Waals surface area contributed by atoms with Crippen molar-refractivity contribution >= 4 is 17.5 Å². The average Bonchev–Trinajstić information content (AvgIpc) is 3.23. The van der Waals surface area contributed by atoms with Crippen molar-refractivity contribution in [1.29, 1.82) is 0 Å². The van der Waals surface area contributed by atoms with Crippen LogP contribution < -0.4 is 4.74 Å². The van der Waals surface area contributed by atoms with Crippen LogP contribution in [0.25, 0.3) is 34.0 Å². The molecule has 0 unspecified atom stereocenters. The Morgan fingerprint density at radius 1 is 1.12 bits per heavy atom. The van der Waals surface area contributed by atoms with Gasteiger partial charge >= 0.3 is 0 Å². The lowest BCUT2D eigenvalue weighted by molar-refractivity contribution is -0.120. The van der Waals surface area contributed by atoms with Crippen LogP contribution >= 0.6 is 0 Å². The molecule has 0 amide bonds. The van der Waals surface area contributed by atoms with E-state index in [0.29, 0.717) is 35.1 Å². The smallest absolute Gasteiger partial charge is 0.298 e. The van der Waals surface area contributed by atoms with E-state index in [1.54, 1.807) is 18.4 Å². The average molecular weight is 319 g/mol. The molecule has 24 heavy (non-hydrogen) atoms. The summed E-state index contributed by atoms with van der Waals surface area (Å²) in [6, 6.07) is 13.2. The summed E-state index contributed by atoms with van der Waals surface area (Å²) >= 11 is 0. The van der Waals surface area contributed by atoms with Gasteiger partial charge in [-0.2, -0.15) is 0 Å². The normalized spacial score (nSPS) is 10.9. The molecule has 118 valence electrons. The van der Waals surface area contributed by atoms with Crippen LogP contribution in [0, 0.1) is 6.92 Å². The second-order valence-electron chi connectivity index (χ2n) is 5.36. The SMILES string of the molecule is Cc1ccc(-c2nc(-c3nc4c(OC=O)cccc4[nH]3)co2)cc1. The minimum Gasteiger partial charge on any atom is -0.444 e. The second kappa shape index (κ2) is 5.66. The zero-order valence-corrected chi connectivity index (χ0v) is 12.8. The molecule has 6 nitrogen and oxygen atoms in total. The van der Waals surface area contributed by atoms with Crippen LogP contribution in [0.15, 0.2) is 53.1 Å². The largest absolute Gasteiger partial charge is 0.444 e. The van der Waals surface area contributed by atoms with Crippen molar-refractivity contribution in [2.45, 2.75) is 6.92 Å². The fraction of sp³-hybridized carbons (Fsp3) is 0.0556. The maximum Gasteiger partial charge on any atom is 0.298 e. The van der Waals surface area contributed by atoms with Crippen molar-refractivity contribution in [2.24, 2.45) is 0 Å². The first-order valence-corrected chi connectivity index (χ1v) is 7.36. The van der Waals surface area contributed by atoms with E-state index < -0.39 is 0 Å². The third-order valence-corrected chi connectivity index (χ3v) is 3.70. The quantitative estimate of drug-likeness (QED) is 0.580. The van der Waals surface area contributed by atoms with Gasteiger partial charge in [0.15, 0.2) is 11.6 Å². The number of hydrogen-bond donors (Lipinski definition) is 1. The van der Waals surface area contributed by atoms with Crippen LogP contribution in [-0.4, -0.2) is 21.4 Å². The standard InChI is InChI=1S/C18H13N3O3/c1-11-5-7-12(8-6-11)18-20-14(9-23-18)17-19-13-3-2-4-15(24-10-22)16(13)21-17/h2-10H,1H3,(H,19,21). The van der Waals surface area contributed by atoms with E-state index in [2.05, 4.69) is 15.0 Å². The Hall–Kier alpha value is -3.41. The molecule has 0 aliphatic heterocycles. The number of H-pyrrole nitrogens is 1. The summed E-state index contributed by atoms with van der Waals surface area (Å²) in [7, 11) is 0. The van der Waals surface area contributed by atoms with Gasteiger partial charge in [-0.25, -0.2) is 9.97 Å². The molecule has 2 heterocycles. The maximum absolute atomic E-state index is 10.6. The van der Waals surface area contributed by atoms with Gasteiger partial charge in [0.05, 0.1) is 5.52 Å². The van der Waals surface area contributed by atoms with E-state index in [1.165, 1.54) is 5.56 Å². The predicted octanol–water partition coefficient (Wildman–Crippen LogP) is 3.73. The predicted molar refractivity (Wildman–Crippen MR) is 88.5 cm³/mol.